The Bertz CT molecular complexity index is 1140. The van der Waals surface area contributed by atoms with Gasteiger partial charge in [0.25, 0.3) is 0 Å². The number of phenolic OH excluding ortho intramolecular Hbond substituents is 1. The second kappa shape index (κ2) is 8.54. The quantitative estimate of drug-likeness (QED) is 0.550. The number of hydrogen-bond acceptors (Lipinski definition) is 8. The summed E-state index contributed by atoms with van der Waals surface area (Å²) in [5, 5.41) is 14.8. The lowest BCUT2D eigenvalue weighted by atomic mass is 9.95. The maximum atomic E-state index is 12.8. The van der Waals surface area contributed by atoms with Crippen molar-refractivity contribution in [3.8, 4) is 11.5 Å². The van der Waals surface area contributed by atoms with E-state index in [0.29, 0.717) is 9.90 Å². The van der Waals surface area contributed by atoms with Crippen LogP contribution in [0.1, 0.15) is 11.6 Å². The van der Waals surface area contributed by atoms with Crippen LogP contribution in [0.25, 0.3) is 0 Å². The summed E-state index contributed by atoms with van der Waals surface area (Å²) in [6, 6.07) is 5.31. The predicted molar refractivity (Wildman–Crippen MR) is 109 cm³/mol. The van der Waals surface area contributed by atoms with Crippen molar-refractivity contribution in [3.05, 3.63) is 51.5 Å². The maximum absolute atomic E-state index is 12.8. The van der Waals surface area contributed by atoms with E-state index in [2.05, 4.69) is 10.6 Å². The van der Waals surface area contributed by atoms with Gasteiger partial charge in [0.2, 0.25) is 0 Å². The molecule has 1 aliphatic heterocycles. The SMILES string of the molecule is COC(=O)C1=C(CS(=O)(=O)c2ccc(Cl)s2)NC(=O)N[C@H]1c1ccc(O)c(OC)c1. The molecule has 0 spiro atoms. The summed E-state index contributed by atoms with van der Waals surface area (Å²) >= 11 is 6.70. The van der Waals surface area contributed by atoms with Gasteiger partial charge in [-0.2, -0.15) is 0 Å². The summed E-state index contributed by atoms with van der Waals surface area (Å²) in [5.74, 6) is -1.49. The molecule has 0 unspecified atom stereocenters. The van der Waals surface area contributed by atoms with E-state index in [4.69, 9.17) is 21.1 Å². The van der Waals surface area contributed by atoms with Crippen LogP contribution in [-0.4, -0.2) is 45.5 Å². The Morgan fingerprint density at radius 1 is 1.27 bits per heavy atom. The zero-order valence-corrected chi connectivity index (χ0v) is 18.2. The Morgan fingerprint density at radius 2 is 2.00 bits per heavy atom. The number of sulfone groups is 1. The normalized spacial score (nSPS) is 16.6. The van der Waals surface area contributed by atoms with Gasteiger partial charge in [-0.05, 0) is 29.8 Å². The number of carbonyl (C=O) groups is 2. The van der Waals surface area contributed by atoms with Gasteiger partial charge in [-0.1, -0.05) is 17.7 Å². The minimum atomic E-state index is -3.90. The molecule has 0 saturated heterocycles. The van der Waals surface area contributed by atoms with Crippen molar-refractivity contribution in [2.24, 2.45) is 0 Å². The molecule has 12 heteroatoms. The fraction of sp³-hybridized carbons (Fsp3) is 0.222. The summed E-state index contributed by atoms with van der Waals surface area (Å²) in [7, 11) is -1.41. The van der Waals surface area contributed by atoms with E-state index < -0.39 is 33.6 Å². The third-order valence-corrected chi connectivity index (χ3v) is 7.74. The number of hydrogen-bond donors (Lipinski definition) is 3. The lowest BCUT2D eigenvalue weighted by Crippen LogP contribution is -2.47. The first-order valence-corrected chi connectivity index (χ1v) is 11.2. The summed E-state index contributed by atoms with van der Waals surface area (Å²) < 4.78 is 35.8. The molecule has 160 valence electrons. The fourth-order valence-corrected chi connectivity index (χ4v) is 5.83. The second-order valence-corrected chi connectivity index (χ2v) is 10.1. The molecule has 3 rings (SSSR count). The van der Waals surface area contributed by atoms with E-state index in [0.717, 1.165) is 18.4 Å². The number of halogens is 1. The van der Waals surface area contributed by atoms with Gasteiger partial charge in [0.15, 0.2) is 21.3 Å². The standard InChI is InChI=1S/C18H17ClN2O7S2/c1-27-12-7-9(3-4-11(12)22)16-15(17(23)28-2)10(20-18(24)21-16)8-30(25,26)14-6-5-13(19)29-14/h3-7,16,22H,8H2,1-2H3,(H2,20,21,24)/t16-/m0/s1. The van der Waals surface area contributed by atoms with Crippen molar-refractivity contribution in [1.29, 1.82) is 0 Å². The second-order valence-electron chi connectivity index (χ2n) is 6.16. The first-order valence-electron chi connectivity index (χ1n) is 8.40. The molecule has 0 aliphatic carbocycles. The van der Waals surface area contributed by atoms with Crippen molar-refractivity contribution in [2.75, 3.05) is 20.0 Å². The summed E-state index contributed by atoms with van der Waals surface area (Å²) in [5.41, 5.74) is 0.178. The number of phenols is 1. The number of aromatic hydroxyl groups is 1. The molecule has 1 aromatic heterocycles. The molecule has 1 atom stereocenters. The molecule has 2 heterocycles. The summed E-state index contributed by atoms with van der Waals surface area (Å²) in [4.78, 5) is 24.8. The lowest BCUT2D eigenvalue weighted by Gasteiger charge is -2.29. The van der Waals surface area contributed by atoms with E-state index in [1.165, 1.54) is 37.4 Å². The minimum Gasteiger partial charge on any atom is -0.504 e. The van der Waals surface area contributed by atoms with Gasteiger partial charge >= 0.3 is 12.0 Å². The number of carbonyl (C=O) groups excluding carboxylic acids is 2. The van der Waals surface area contributed by atoms with Crippen LogP contribution in [0.4, 0.5) is 4.79 Å². The zero-order chi connectivity index (χ0) is 22.1. The highest BCUT2D eigenvalue weighted by atomic mass is 35.5. The Kier molecular flexibility index (Phi) is 6.25. The topological polar surface area (TPSA) is 131 Å². The number of esters is 1. The molecule has 0 fully saturated rings. The number of amides is 2. The number of rotatable bonds is 6. The van der Waals surface area contributed by atoms with E-state index in [9.17, 15) is 23.1 Å². The number of urea groups is 1. The van der Waals surface area contributed by atoms with Crippen LogP contribution in [0.3, 0.4) is 0 Å². The molecule has 30 heavy (non-hydrogen) atoms. The predicted octanol–water partition coefficient (Wildman–Crippen LogP) is 2.37. The van der Waals surface area contributed by atoms with Gasteiger partial charge in [-0.15, -0.1) is 11.3 Å². The lowest BCUT2D eigenvalue weighted by molar-refractivity contribution is -0.136. The highest BCUT2D eigenvalue weighted by Gasteiger charge is 2.36. The maximum Gasteiger partial charge on any atom is 0.338 e. The molecule has 0 saturated carbocycles. The highest BCUT2D eigenvalue weighted by Crippen LogP contribution is 2.35. The monoisotopic (exact) mass is 472 g/mol. The van der Waals surface area contributed by atoms with Gasteiger partial charge in [0.05, 0.1) is 35.9 Å². The van der Waals surface area contributed by atoms with Crippen LogP contribution in [0, 0.1) is 0 Å². The van der Waals surface area contributed by atoms with Gasteiger partial charge in [-0.25, -0.2) is 18.0 Å². The van der Waals surface area contributed by atoms with E-state index in [1.807, 2.05) is 0 Å². The highest BCUT2D eigenvalue weighted by molar-refractivity contribution is 7.93. The van der Waals surface area contributed by atoms with Crippen molar-refractivity contribution < 1.29 is 32.6 Å². The number of nitrogens with one attached hydrogen (secondary N) is 2. The Hall–Kier alpha value is -2.76. The van der Waals surface area contributed by atoms with Crippen LogP contribution in [-0.2, 0) is 19.4 Å². The number of methoxy groups -OCH3 is 2. The number of ether oxygens (including phenoxy) is 2. The molecular formula is C18H17ClN2O7S2. The van der Waals surface area contributed by atoms with Crippen LogP contribution in [0.2, 0.25) is 4.34 Å². The van der Waals surface area contributed by atoms with Crippen LogP contribution in [0.15, 0.2) is 45.8 Å². The third kappa shape index (κ3) is 4.37. The number of thiophene rings is 1. The van der Waals surface area contributed by atoms with Gasteiger partial charge in [0, 0.05) is 5.70 Å². The Labute approximate surface area is 181 Å². The zero-order valence-electron chi connectivity index (χ0n) is 15.8. The number of benzene rings is 1. The van der Waals surface area contributed by atoms with E-state index >= 15 is 0 Å². The van der Waals surface area contributed by atoms with Gasteiger partial charge < -0.3 is 25.2 Å². The fourth-order valence-electron chi connectivity index (χ4n) is 2.93. The van der Waals surface area contributed by atoms with Crippen molar-refractivity contribution in [2.45, 2.75) is 10.3 Å². The molecular weight excluding hydrogens is 456 g/mol. The molecule has 3 N–H and O–H groups in total. The van der Waals surface area contributed by atoms with Crippen molar-refractivity contribution >= 4 is 44.8 Å². The molecule has 0 radical (unpaired) electrons. The van der Waals surface area contributed by atoms with Crippen molar-refractivity contribution in [3.63, 3.8) is 0 Å². The van der Waals surface area contributed by atoms with E-state index in [1.54, 1.807) is 0 Å². The molecule has 0 bridgehead atoms. The molecule has 1 aliphatic rings. The molecule has 1 aromatic carbocycles. The largest absolute Gasteiger partial charge is 0.504 e. The van der Waals surface area contributed by atoms with Crippen LogP contribution >= 0.6 is 22.9 Å². The minimum absolute atomic E-state index is 0.000139. The van der Waals surface area contributed by atoms with Gasteiger partial charge in [-0.3, -0.25) is 0 Å². The average Bonchev–Trinajstić information content (AvgIpc) is 3.14. The average molecular weight is 473 g/mol. The smallest absolute Gasteiger partial charge is 0.338 e. The molecule has 9 nitrogen and oxygen atoms in total. The van der Waals surface area contributed by atoms with E-state index in [-0.39, 0.29) is 27.0 Å². The van der Waals surface area contributed by atoms with Crippen LogP contribution in [0.5, 0.6) is 11.5 Å². The first kappa shape index (κ1) is 21.9. The van der Waals surface area contributed by atoms with Crippen LogP contribution < -0.4 is 15.4 Å². The van der Waals surface area contributed by atoms with Crippen molar-refractivity contribution in [1.82, 2.24) is 10.6 Å². The molecule has 2 amide bonds. The summed E-state index contributed by atoms with van der Waals surface area (Å²) in [6.45, 7) is 0. The summed E-state index contributed by atoms with van der Waals surface area (Å²) in [6.07, 6.45) is 0. The Morgan fingerprint density at radius 3 is 2.60 bits per heavy atom. The molecule has 2 aromatic rings. The first-order chi connectivity index (χ1) is 14.2. The third-order valence-electron chi connectivity index (χ3n) is 4.29. The Balaban J connectivity index is 2.11. The van der Waals surface area contributed by atoms with Gasteiger partial charge in [0.1, 0.15) is 4.21 Å².